The van der Waals surface area contributed by atoms with Gasteiger partial charge in [0, 0.05) is 38.1 Å². The lowest BCUT2D eigenvalue weighted by molar-refractivity contribution is -0.134. The van der Waals surface area contributed by atoms with Crippen LogP contribution in [0.15, 0.2) is 42.6 Å². The van der Waals surface area contributed by atoms with E-state index in [1.807, 2.05) is 55.1 Å². The van der Waals surface area contributed by atoms with E-state index in [1.54, 1.807) is 6.20 Å². The molecular weight excluding hydrogens is 352 g/mol. The van der Waals surface area contributed by atoms with Crippen LogP contribution in [0.5, 0.6) is 0 Å². The van der Waals surface area contributed by atoms with Gasteiger partial charge in [0.1, 0.15) is 5.82 Å². The zero-order chi connectivity index (χ0) is 19.7. The van der Waals surface area contributed by atoms with Crippen LogP contribution in [-0.2, 0) is 9.59 Å². The maximum Gasteiger partial charge on any atom is 0.228 e. The Bertz CT molecular complexity index is 875. The molecular formula is C22H26N4O2. The van der Waals surface area contributed by atoms with Crippen LogP contribution in [0.3, 0.4) is 0 Å². The molecule has 2 amide bonds. The Morgan fingerprint density at radius 1 is 1.00 bits per heavy atom. The molecule has 6 nitrogen and oxygen atoms in total. The lowest BCUT2D eigenvalue weighted by atomic mass is 10.1. The number of pyridine rings is 1. The Kier molecular flexibility index (Phi) is 5.03. The summed E-state index contributed by atoms with van der Waals surface area (Å²) in [6.07, 6.45) is 2.44. The lowest BCUT2D eigenvalue weighted by Gasteiger charge is -2.35. The number of aromatic nitrogens is 1. The van der Waals surface area contributed by atoms with Crippen molar-refractivity contribution in [3.05, 3.63) is 53.7 Å². The molecule has 28 heavy (non-hydrogen) atoms. The van der Waals surface area contributed by atoms with Crippen LogP contribution in [0.2, 0.25) is 0 Å². The maximum atomic E-state index is 12.8. The zero-order valence-electron chi connectivity index (χ0n) is 16.4. The minimum atomic E-state index is -0.207. The lowest BCUT2D eigenvalue weighted by Crippen LogP contribution is -2.49. The van der Waals surface area contributed by atoms with Gasteiger partial charge in [-0.25, -0.2) is 4.98 Å². The van der Waals surface area contributed by atoms with Gasteiger partial charge >= 0.3 is 0 Å². The van der Waals surface area contributed by atoms with Gasteiger partial charge in [0.25, 0.3) is 0 Å². The molecule has 2 heterocycles. The summed E-state index contributed by atoms with van der Waals surface area (Å²) in [7, 11) is 0. The molecule has 2 aliphatic rings. The van der Waals surface area contributed by atoms with Gasteiger partial charge < -0.3 is 15.1 Å². The summed E-state index contributed by atoms with van der Waals surface area (Å²) in [6, 6.07) is 11.7. The van der Waals surface area contributed by atoms with Crippen molar-refractivity contribution >= 4 is 23.3 Å². The van der Waals surface area contributed by atoms with E-state index in [2.05, 4.69) is 15.2 Å². The Morgan fingerprint density at radius 3 is 2.50 bits per heavy atom. The van der Waals surface area contributed by atoms with Crippen molar-refractivity contribution < 1.29 is 9.59 Å². The molecule has 0 radical (unpaired) electrons. The van der Waals surface area contributed by atoms with Crippen molar-refractivity contribution in [2.24, 2.45) is 11.8 Å². The normalized spacial score (nSPS) is 21.4. The highest BCUT2D eigenvalue weighted by atomic mass is 16.2. The number of piperazine rings is 1. The molecule has 2 unspecified atom stereocenters. The summed E-state index contributed by atoms with van der Waals surface area (Å²) < 4.78 is 0. The molecule has 0 bridgehead atoms. The quantitative estimate of drug-likeness (QED) is 0.888. The number of nitrogens with zero attached hydrogens (tertiary/aromatic N) is 3. The van der Waals surface area contributed by atoms with Crippen molar-refractivity contribution in [2.75, 3.05) is 36.4 Å². The SMILES string of the molecule is Cc1cccc(NC(=O)C2CC2C(=O)N2CCN(c3ccccn3)CC2)c1C. The van der Waals surface area contributed by atoms with Crippen LogP contribution in [0.25, 0.3) is 0 Å². The molecule has 1 saturated carbocycles. The van der Waals surface area contributed by atoms with Crippen molar-refractivity contribution in [2.45, 2.75) is 20.3 Å². The summed E-state index contributed by atoms with van der Waals surface area (Å²) >= 11 is 0. The van der Waals surface area contributed by atoms with E-state index in [0.29, 0.717) is 19.5 Å². The number of benzene rings is 1. The molecule has 1 aliphatic carbocycles. The second-order valence-electron chi connectivity index (χ2n) is 7.69. The third-order valence-corrected chi connectivity index (χ3v) is 5.87. The second-order valence-corrected chi connectivity index (χ2v) is 7.69. The predicted octanol–water partition coefficient (Wildman–Crippen LogP) is 2.62. The van der Waals surface area contributed by atoms with E-state index in [9.17, 15) is 9.59 Å². The molecule has 2 atom stereocenters. The van der Waals surface area contributed by atoms with Crippen LogP contribution in [0.4, 0.5) is 11.5 Å². The highest BCUT2D eigenvalue weighted by Crippen LogP contribution is 2.41. The smallest absolute Gasteiger partial charge is 0.228 e. The number of aryl methyl sites for hydroxylation is 1. The van der Waals surface area contributed by atoms with Gasteiger partial charge in [-0.15, -0.1) is 0 Å². The van der Waals surface area contributed by atoms with Crippen molar-refractivity contribution in [1.82, 2.24) is 9.88 Å². The molecule has 146 valence electrons. The van der Waals surface area contributed by atoms with Gasteiger partial charge in [-0.05, 0) is 49.6 Å². The number of hydrogen-bond donors (Lipinski definition) is 1. The molecule has 1 aromatic carbocycles. The highest BCUT2D eigenvalue weighted by molar-refractivity contribution is 6.00. The number of nitrogens with one attached hydrogen (secondary N) is 1. The molecule has 1 saturated heterocycles. The molecule has 4 rings (SSSR count). The number of amides is 2. The summed E-state index contributed by atoms with van der Waals surface area (Å²) in [4.78, 5) is 33.8. The predicted molar refractivity (Wildman–Crippen MR) is 109 cm³/mol. The molecule has 2 fully saturated rings. The average Bonchev–Trinajstić information content (AvgIpc) is 3.53. The topological polar surface area (TPSA) is 65.5 Å². The third-order valence-electron chi connectivity index (χ3n) is 5.87. The van der Waals surface area contributed by atoms with Crippen molar-refractivity contribution in [3.63, 3.8) is 0 Å². The fourth-order valence-corrected chi connectivity index (χ4v) is 3.80. The van der Waals surface area contributed by atoms with Crippen molar-refractivity contribution in [3.8, 4) is 0 Å². The maximum absolute atomic E-state index is 12.8. The molecule has 1 aliphatic heterocycles. The van der Waals surface area contributed by atoms with E-state index in [0.717, 1.165) is 35.7 Å². The minimum absolute atomic E-state index is 0.0424. The van der Waals surface area contributed by atoms with Crippen molar-refractivity contribution in [1.29, 1.82) is 0 Å². The summed E-state index contributed by atoms with van der Waals surface area (Å²) in [5.74, 6) is 0.639. The van der Waals surface area contributed by atoms with Crippen LogP contribution in [-0.4, -0.2) is 47.9 Å². The van der Waals surface area contributed by atoms with E-state index >= 15 is 0 Å². The first kappa shape index (κ1) is 18.5. The summed E-state index contributed by atoms with van der Waals surface area (Å²) in [6.45, 7) is 6.93. The Morgan fingerprint density at radius 2 is 1.79 bits per heavy atom. The molecule has 6 heteroatoms. The highest BCUT2D eigenvalue weighted by Gasteiger charge is 2.49. The van der Waals surface area contributed by atoms with Gasteiger partial charge in [-0.1, -0.05) is 18.2 Å². The second kappa shape index (κ2) is 7.62. The van der Waals surface area contributed by atoms with E-state index in [-0.39, 0.29) is 23.7 Å². The Balaban J connectivity index is 1.30. The number of carbonyl (C=O) groups is 2. The average molecular weight is 378 g/mol. The number of hydrogen-bond acceptors (Lipinski definition) is 4. The molecule has 0 spiro atoms. The van der Waals surface area contributed by atoms with Gasteiger partial charge in [0.05, 0.1) is 11.8 Å². The van der Waals surface area contributed by atoms with Gasteiger partial charge in [-0.2, -0.15) is 0 Å². The van der Waals surface area contributed by atoms with Gasteiger partial charge in [-0.3, -0.25) is 9.59 Å². The standard InChI is InChI=1S/C22H26N4O2/c1-15-6-5-7-19(16(15)2)24-21(27)17-14-18(17)22(28)26-12-10-25(11-13-26)20-8-3-4-9-23-20/h3-9,17-18H,10-14H2,1-2H3,(H,24,27). The van der Waals surface area contributed by atoms with E-state index in [1.165, 1.54) is 0 Å². The summed E-state index contributed by atoms with van der Waals surface area (Å²) in [5, 5.41) is 3.00. The van der Waals surface area contributed by atoms with E-state index < -0.39 is 0 Å². The first-order chi connectivity index (χ1) is 13.5. The minimum Gasteiger partial charge on any atom is -0.353 e. The van der Waals surface area contributed by atoms with Crippen LogP contribution in [0, 0.1) is 25.7 Å². The van der Waals surface area contributed by atoms with Gasteiger partial charge in [0.2, 0.25) is 11.8 Å². The van der Waals surface area contributed by atoms with Crippen LogP contribution in [0.1, 0.15) is 17.5 Å². The number of anilines is 2. The number of carbonyl (C=O) groups excluding carboxylic acids is 2. The van der Waals surface area contributed by atoms with Crippen LogP contribution < -0.4 is 10.2 Å². The molecule has 2 aromatic rings. The summed E-state index contributed by atoms with van der Waals surface area (Å²) in [5.41, 5.74) is 3.06. The first-order valence-corrected chi connectivity index (χ1v) is 9.86. The molecule has 1 aromatic heterocycles. The fourth-order valence-electron chi connectivity index (χ4n) is 3.80. The first-order valence-electron chi connectivity index (χ1n) is 9.86. The number of rotatable bonds is 4. The Hall–Kier alpha value is -2.89. The van der Waals surface area contributed by atoms with Gasteiger partial charge in [0.15, 0.2) is 0 Å². The van der Waals surface area contributed by atoms with E-state index in [4.69, 9.17) is 0 Å². The zero-order valence-corrected chi connectivity index (χ0v) is 16.4. The van der Waals surface area contributed by atoms with Crippen LogP contribution >= 0.6 is 0 Å². The third kappa shape index (κ3) is 3.72. The largest absolute Gasteiger partial charge is 0.353 e. The molecule has 1 N–H and O–H groups in total. The monoisotopic (exact) mass is 378 g/mol. The Labute approximate surface area is 165 Å². The fraction of sp³-hybridized carbons (Fsp3) is 0.409.